The second kappa shape index (κ2) is 8.17. The number of nitrogens with one attached hydrogen (secondary N) is 1. The monoisotopic (exact) mass is 447 g/mol. The number of hydrogen-bond donors (Lipinski definition) is 1. The summed E-state index contributed by atoms with van der Waals surface area (Å²) in [5.74, 6) is -0.491. The quantitative estimate of drug-likeness (QED) is 0.411. The van der Waals surface area contributed by atoms with Crippen LogP contribution in [0.1, 0.15) is 56.7 Å². The molecule has 2 aromatic rings. The Morgan fingerprint density at radius 3 is 2.56 bits per heavy atom. The van der Waals surface area contributed by atoms with Gasteiger partial charge in [-0.15, -0.1) is 0 Å². The number of rotatable bonds is 3. The lowest BCUT2D eigenvalue weighted by atomic mass is 9.79. The first-order valence-electron chi connectivity index (χ1n) is 11.0. The van der Waals surface area contributed by atoms with Gasteiger partial charge in [0.05, 0.1) is 5.69 Å². The zero-order chi connectivity index (χ0) is 23.2. The Hall–Kier alpha value is -2.99. The zero-order valence-electron chi connectivity index (χ0n) is 19.2. The molecule has 1 atom stereocenters. The van der Waals surface area contributed by atoms with E-state index in [9.17, 15) is 9.59 Å². The molecular formula is C26H29N3O2S. The highest BCUT2D eigenvalue weighted by Gasteiger charge is 2.37. The van der Waals surface area contributed by atoms with Crippen LogP contribution in [0, 0.1) is 6.92 Å². The van der Waals surface area contributed by atoms with Crippen molar-refractivity contribution in [3.8, 4) is 0 Å². The summed E-state index contributed by atoms with van der Waals surface area (Å²) in [6.07, 6.45) is 2.72. The van der Waals surface area contributed by atoms with Crippen molar-refractivity contribution in [2.75, 3.05) is 16.3 Å². The molecule has 0 saturated carbocycles. The molecule has 2 amide bonds. The molecule has 0 aliphatic carbocycles. The fourth-order valence-electron chi connectivity index (χ4n) is 5.05. The van der Waals surface area contributed by atoms with Gasteiger partial charge in [0.1, 0.15) is 5.57 Å². The Labute approximate surface area is 195 Å². The molecule has 2 aliphatic heterocycles. The molecule has 2 heterocycles. The van der Waals surface area contributed by atoms with Crippen LogP contribution in [0.5, 0.6) is 0 Å². The molecule has 1 N–H and O–H groups in total. The first-order chi connectivity index (χ1) is 15.1. The van der Waals surface area contributed by atoms with Crippen LogP contribution in [-0.4, -0.2) is 29.0 Å². The fraction of sp³-hybridized carbons (Fsp3) is 0.346. The number of carbonyl (C=O) groups is 2. The lowest BCUT2D eigenvalue weighted by Gasteiger charge is -2.47. The summed E-state index contributed by atoms with van der Waals surface area (Å²) in [6, 6.07) is 13.7. The van der Waals surface area contributed by atoms with Gasteiger partial charge in [-0.25, -0.2) is 0 Å². The average Bonchev–Trinajstić information content (AvgIpc) is 2.72. The van der Waals surface area contributed by atoms with Crippen molar-refractivity contribution >= 4 is 46.6 Å². The number of aryl methyl sites for hydroxylation is 1. The molecule has 2 aliphatic rings. The standard InChI is InChI=1S/C26H29N3O2S/c1-6-28-22-12-11-18(13-19(22)17(3)15-26(28,4)5)14-20-23(30)27-25(32)29(24(20)31)21-10-8-7-9-16(21)2/h7-14,17H,6,15H2,1-5H3,(H,27,30,32)/b20-14+/t17-/m0/s1. The topological polar surface area (TPSA) is 52.7 Å². The van der Waals surface area contributed by atoms with Crippen molar-refractivity contribution in [1.82, 2.24) is 5.32 Å². The molecule has 5 nitrogen and oxygen atoms in total. The van der Waals surface area contributed by atoms with E-state index in [0.717, 1.165) is 24.1 Å². The van der Waals surface area contributed by atoms with E-state index >= 15 is 0 Å². The van der Waals surface area contributed by atoms with E-state index in [1.165, 1.54) is 16.2 Å². The van der Waals surface area contributed by atoms with Crippen LogP contribution in [0.15, 0.2) is 48.0 Å². The largest absolute Gasteiger partial charge is 0.366 e. The Morgan fingerprint density at radius 1 is 1.16 bits per heavy atom. The molecular weight excluding hydrogens is 418 g/mol. The molecule has 6 heteroatoms. The minimum atomic E-state index is -0.466. The summed E-state index contributed by atoms with van der Waals surface area (Å²) in [4.78, 5) is 29.9. The minimum absolute atomic E-state index is 0.0814. The van der Waals surface area contributed by atoms with Gasteiger partial charge >= 0.3 is 0 Å². The van der Waals surface area contributed by atoms with Gasteiger partial charge in [-0.05, 0) is 93.2 Å². The highest BCUT2D eigenvalue weighted by Crippen LogP contribution is 2.43. The SMILES string of the molecule is CCN1c2ccc(/C=C3\C(=O)NC(=S)N(c4ccccc4C)C3=O)cc2[C@@H](C)CC1(C)C. The first-order valence-corrected chi connectivity index (χ1v) is 11.4. The van der Waals surface area contributed by atoms with Gasteiger partial charge in [-0.2, -0.15) is 0 Å². The van der Waals surface area contributed by atoms with Crippen LogP contribution in [0.4, 0.5) is 11.4 Å². The molecule has 1 fully saturated rings. The van der Waals surface area contributed by atoms with Gasteiger partial charge < -0.3 is 4.90 Å². The lowest BCUT2D eigenvalue weighted by molar-refractivity contribution is -0.122. The Kier molecular flexibility index (Phi) is 5.67. The summed E-state index contributed by atoms with van der Waals surface area (Å²) in [7, 11) is 0. The second-order valence-corrected chi connectivity index (χ2v) is 9.61. The van der Waals surface area contributed by atoms with Crippen molar-refractivity contribution in [3.05, 3.63) is 64.7 Å². The number of carbonyl (C=O) groups excluding carboxylic acids is 2. The third-order valence-corrected chi connectivity index (χ3v) is 6.78. The van der Waals surface area contributed by atoms with E-state index in [1.807, 2.05) is 37.3 Å². The van der Waals surface area contributed by atoms with Crippen LogP contribution in [0.25, 0.3) is 6.08 Å². The van der Waals surface area contributed by atoms with Crippen LogP contribution in [-0.2, 0) is 9.59 Å². The highest BCUT2D eigenvalue weighted by atomic mass is 32.1. The van der Waals surface area contributed by atoms with Gasteiger partial charge in [-0.1, -0.05) is 31.2 Å². The molecule has 2 aromatic carbocycles. The van der Waals surface area contributed by atoms with E-state index in [2.05, 4.69) is 50.0 Å². The van der Waals surface area contributed by atoms with Crippen LogP contribution in [0.2, 0.25) is 0 Å². The Bertz CT molecular complexity index is 1150. The average molecular weight is 448 g/mol. The molecule has 0 unspecified atom stereocenters. The molecule has 0 aromatic heterocycles. The maximum absolute atomic E-state index is 13.3. The van der Waals surface area contributed by atoms with E-state index < -0.39 is 11.8 Å². The number of hydrogen-bond acceptors (Lipinski definition) is 4. The molecule has 0 radical (unpaired) electrons. The summed E-state index contributed by atoms with van der Waals surface area (Å²) in [5, 5.41) is 2.78. The van der Waals surface area contributed by atoms with Gasteiger partial charge in [0.25, 0.3) is 11.8 Å². The normalized spacial score (nSPS) is 21.6. The zero-order valence-corrected chi connectivity index (χ0v) is 20.0. The fourth-order valence-corrected chi connectivity index (χ4v) is 5.33. The predicted octanol–water partition coefficient (Wildman–Crippen LogP) is 4.94. The predicted molar refractivity (Wildman–Crippen MR) is 134 cm³/mol. The van der Waals surface area contributed by atoms with Crippen LogP contribution in [0.3, 0.4) is 0 Å². The Balaban J connectivity index is 1.74. The molecule has 4 rings (SSSR count). The van der Waals surface area contributed by atoms with Gasteiger partial charge in [0, 0.05) is 17.8 Å². The number of benzene rings is 2. The number of nitrogens with zero attached hydrogens (tertiary/aromatic N) is 2. The third kappa shape index (κ3) is 3.73. The number of fused-ring (bicyclic) bond motifs is 1. The van der Waals surface area contributed by atoms with E-state index in [0.29, 0.717) is 11.6 Å². The summed E-state index contributed by atoms with van der Waals surface area (Å²) in [6.45, 7) is 11.8. The molecule has 166 valence electrons. The lowest BCUT2D eigenvalue weighted by Crippen LogP contribution is -2.54. The smallest absolute Gasteiger partial charge is 0.270 e. The summed E-state index contributed by atoms with van der Waals surface area (Å²) in [5.41, 5.74) is 5.05. The van der Waals surface area contributed by atoms with E-state index in [4.69, 9.17) is 12.2 Å². The third-order valence-electron chi connectivity index (χ3n) is 6.49. The number of amides is 2. The van der Waals surface area contributed by atoms with E-state index in [-0.39, 0.29) is 16.2 Å². The first kappa shape index (κ1) is 22.2. The van der Waals surface area contributed by atoms with Crippen LogP contribution < -0.4 is 15.1 Å². The maximum atomic E-state index is 13.3. The number of para-hydroxylation sites is 1. The van der Waals surface area contributed by atoms with Crippen molar-refractivity contribution in [2.24, 2.45) is 0 Å². The Morgan fingerprint density at radius 2 is 1.88 bits per heavy atom. The molecule has 1 saturated heterocycles. The molecule has 0 spiro atoms. The molecule has 0 bridgehead atoms. The maximum Gasteiger partial charge on any atom is 0.270 e. The number of anilines is 2. The van der Waals surface area contributed by atoms with Crippen molar-refractivity contribution in [3.63, 3.8) is 0 Å². The molecule has 32 heavy (non-hydrogen) atoms. The van der Waals surface area contributed by atoms with Gasteiger partial charge in [-0.3, -0.25) is 19.8 Å². The van der Waals surface area contributed by atoms with Crippen molar-refractivity contribution in [2.45, 2.75) is 52.5 Å². The van der Waals surface area contributed by atoms with Crippen LogP contribution >= 0.6 is 12.2 Å². The number of thiocarbonyl (C=S) groups is 1. The minimum Gasteiger partial charge on any atom is -0.366 e. The van der Waals surface area contributed by atoms with Gasteiger partial charge in [0.2, 0.25) is 0 Å². The summed E-state index contributed by atoms with van der Waals surface area (Å²) >= 11 is 5.32. The van der Waals surface area contributed by atoms with Crippen molar-refractivity contribution in [1.29, 1.82) is 0 Å². The van der Waals surface area contributed by atoms with Crippen molar-refractivity contribution < 1.29 is 9.59 Å². The van der Waals surface area contributed by atoms with Gasteiger partial charge in [0.15, 0.2) is 5.11 Å². The second-order valence-electron chi connectivity index (χ2n) is 9.22. The highest BCUT2D eigenvalue weighted by molar-refractivity contribution is 7.80. The summed E-state index contributed by atoms with van der Waals surface area (Å²) < 4.78 is 0. The van der Waals surface area contributed by atoms with E-state index in [1.54, 1.807) is 6.08 Å².